The lowest BCUT2D eigenvalue weighted by Crippen LogP contribution is -2.45. The summed E-state index contributed by atoms with van der Waals surface area (Å²) in [7, 11) is 0. The molecule has 0 aromatic rings. The molecule has 0 saturated heterocycles. The Balaban J connectivity index is 3.36. The highest BCUT2D eigenvalue weighted by molar-refractivity contribution is 5.76. The first-order valence-corrected chi connectivity index (χ1v) is 41.4. The minimum atomic E-state index is -0.844. The summed E-state index contributed by atoms with van der Waals surface area (Å²) in [5, 5.41) is 23.3. The number of hydrogen-bond donors (Lipinski definition) is 3. The van der Waals surface area contributed by atoms with Crippen molar-refractivity contribution in [3.8, 4) is 0 Å². The van der Waals surface area contributed by atoms with Gasteiger partial charge < -0.3 is 20.3 Å². The van der Waals surface area contributed by atoms with Crippen LogP contribution >= 0.6 is 0 Å². The SMILES string of the molecule is CCCCCC/C=C\C/C=C\CCCCCCCCCC(=O)OCCCCCCCCCCCCCCCC/C=C\CCCCCCCCCCCCCCCCCCCC(=O)NC(CO)C(O)/C=C/CCCCCCCCCCCCCCCCCCCCC. The molecule has 0 fully saturated rings. The number of aliphatic hydroxyl groups is 2. The fraction of sp³-hybridized carbons (Fsp3) is 0.882. The average molecular weight is 1280 g/mol. The van der Waals surface area contributed by atoms with Gasteiger partial charge in [-0.05, 0) is 89.9 Å². The molecule has 0 aromatic carbocycles. The molecule has 1 amide bonds. The summed E-state index contributed by atoms with van der Waals surface area (Å²) in [6.45, 7) is 4.93. The van der Waals surface area contributed by atoms with Gasteiger partial charge in [-0.15, -0.1) is 0 Å². The number of unbranched alkanes of at least 4 members (excludes halogenated alkanes) is 61. The van der Waals surface area contributed by atoms with Crippen molar-refractivity contribution in [2.24, 2.45) is 0 Å². The lowest BCUT2D eigenvalue weighted by atomic mass is 10.0. The van der Waals surface area contributed by atoms with Gasteiger partial charge >= 0.3 is 5.97 Å². The number of amides is 1. The Hall–Kier alpha value is -2.18. The zero-order chi connectivity index (χ0) is 65.6. The van der Waals surface area contributed by atoms with Crippen LogP contribution in [0.2, 0.25) is 0 Å². The normalized spacial score (nSPS) is 12.7. The Bertz CT molecular complexity index is 1520. The summed E-state index contributed by atoms with van der Waals surface area (Å²) in [4.78, 5) is 24.7. The van der Waals surface area contributed by atoms with Crippen LogP contribution in [0.25, 0.3) is 0 Å². The fourth-order valence-corrected chi connectivity index (χ4v) is 13.0. The van der Waals surface area contributed by atoms with Gasteiger partial charge in [0.1, 0.15) is 0 Å². The molecule has 2 atom stereocenters. The quantitative estimate of drug-likeness (QED) is 0.0320. The maximum absolute atomic E-state index is 12.5. The summed E-state index contributed by atoms with van der Waals surface area (Å²) in [5.41, 5.74) is 0. The second-order valence-electron chi connectivity index (χ2n) is 28.4. The zero-order valence-corrected chi connectivity index (χ0v) is 61.6. The van der Waals surface area contributed by atoms with E-state index in [1.165, 1.54) is 379 Å². The molecule has 0 bridgehead atoms. The standard InChI is InChI=1S/C85H161NO5/c1-3-5-7-9-11-13-15-17-19-21-23-39-42-45-49-53-57-61-65-69-73-77-83(88)82(81-87)86-84(89)78-74-70-66-62-58-54-50-46-43-40-37-35-33-31-29-27-25-24-26-28-30-32-34-36-38-41-44-48-52-56-60-64-68-72-76-80-91-85(90)79-75-71-67-63-59-55-51-47-22-20-18-16-14-12-10-8-6-4-2/h14,16,20,22,26,28,73,77,82-83,87-88H,3-13,15,17-19,21,23-25,27,29-72,74-76,78-81H2,1-2H3,(H,86,89)/b16-14-,22-20-,28-26-,77-73+. The van der Waals surface area contributed by atoms with Gasteiger partial charge in [-0.25, -0.2) is 0 Å². The van der Waals surface area contributed by atoms with E-state index in [0.717, 1.165) is 51.4 Å². The second-order valence-corrected chi connectivity index (χ2v) is 28.4. The van der Waals surface area contributed by atoms with E-state index in [-0.39, 0.29) is 18.5 Å². The topological polar surface area (TPSA) is 95.9 Å². The highest BCUT2D eigenvalue weighted by Crippen LogP contribution is 2.20. The van der Waals surface area contributed by atoms with Gasteiger partial charge in [0.15, 0.2) is 0 Å². The van der Waals surface area contributed by atoms with Gasteiger partial charge in [-0.2, -0.15) is 0 Å². The summed E-state index contributed by atoms with van der Waals surface area (Å²) < 4.78 is 5.51. The molecule has 0 spiro atoms. The minimum absolute atomic E-state index is 0.0132. The van der Waals surface area contributed by atoms with E-state index in [9.17, 15) is 19.8 Å². The molecule has 536 valence electrons. The van der Waals surface area contributed by atoms with E-state index in [2.05, 4.69) is 55.6 Å². The summed E-state index contributed by atoms with van der Waals surface area (Å²) in [6.07, 6.45) is 107. The molecule has 0 aliphatic heterocycles. The number of carbonyl (C=O) groups excluding carboxylic acids is 2. The van der Waals surface area contributed by atoms with Gasteiger partial charge in [-0.1, -0.05) is 403 Å². The Labute approximate surface area is 569 Å². The van der Waals surface area contributed by atoms with E-state index >= 15 is 0 Å². The molecule has 2 unspecified atom stereocenters. The first-order valence-electron chi connectivity index (χ1n) is 41.4. The predicted octanol–water partition coefficient (Wildman–Crippen LogP) is 27.5. The molecule has 0 aromatic heterocycles. The Kier molecular flexibility index (Phi) is 78.3. The summed E-state index contributed by atoms with van der Waals surface area (Å²) in [5.74, 6) is -0.0468. The molecule has 6 nitrogen and oxygen atoms in total. The van der Waals surface area contributed by atoms with E-state index in [1.54, 1.807) is 6.08 Å². The first-order chi connectivity index (χ1) is 45.0. The van der Waals surface area contributed by atoms with Crippen LogP contribution in [0.15, 0.2) is 48.6 Å². The van der Waals surface area contributed by atoms with Gasteiger partial charge in [0.05, 0.1) is 25.4 Å². The number of rotatable bonds is 78. The Morgan fingerprint density at radius 1 is 0.308 bits per heavy atom. The van der Waals surface area contributed by atoms with Crippen molar-refractivity contribution in [1.29, 1.82) is 0 Å². The van der Waals surface area contributed by atoms with E-state index in [4.69, 9.17) is 4.74 Å². The number of aliphatic hydroxyl groups excluding tert-OH is 2. The zero-order valence-electron chi connectivity index (χ0n) is 61.6. The third kappa shape index (κ3) is 76.7. The molecular formula is C85H161NO5. The van der Waals surface area contributed by atoms with Crippen molar-refractivity contribution in [1.82, 2.24) is 5.32 Å². The average Bonchev–Trinajstić information content (AvgIpc) is 3.74. The lowest BCUT2D eigenvalue weighted by Gasteiger charge is -2.20. The maximum Gasteiger partial charge on any atom is 0.305 e. The van der Waals surface area contributed by atoms with Gasteiger partial charge in [0.25, 0.3) is 0 Å². The Morgan fingerprint density at radius 3 is 0.857 bits per heavy atom. The molecule has 0 aliphatic carbocycles. The first kappa shape index (κ1) is 88.8. The second kappa shape index (κ2) is 80.3. The smallest absolute Gasteiger partial charge is 0.305 e. The molecule has 0 aliphatic rings. The number of nitrogens with one attached hydrogen (secondary N) is 1. The monoisotopic (exact) mass is 1280 g/mol. The van der Waals surface area contributed by atoms with E-state index < -0.39 is 12.1 Å². The number of esters is 1. The van der Waals surface area contributed by atoms with Gasteiger partial charge in [0, 0.05) is 12.8 Å². The third-order valence-electron chi connectivity index (χ3n) is 19.3. The molecule has 6 heteroatoms. The molecule has 0 radical (unpaired) electrons. The molecule has 91 heavy (non-hydrogen) atoms. The molecular weight excluding hydrogens is 1110 g/mol. The van der Waals surface area contributed by atoms with Crippen LogP contribution in [0.4, 0.5) is 0 Å². The van der Waals surface area contributed by atoms with Crippen LogP contribution in [0.1, 0.15) is 457 Å². The minimum Gasteiger partial charge on any atom is -0.466 e. The van der Waals surface area contributed by atoms with Crippen LogP contribution in [-0.4, -0.2) is 47.4 Å². The summed E-state index contributed by atoms with van der Waals surface area (Å²) >= 11 is 0. The van der Waals surface area contributed by atoms with Crippen molar-refractivity contribution in [2.75, 3.05) is 13.2 Å². The van der Waals surface area contributed by atoms with Crippen LogP contribution < -0.4 is 5.32 Å². The van der Waals surface area contributed by atoms with Crippen molar-refractivity contribution in [2.45, 2.75) is 469 Å². The van der Waals surface area contributed by atoms with Gasteiger partial charge in [0.2, 0.25) is 5.91 Å². The van der Waals surface area contributed by atoms with Crippen LogP contribution in [0, 0.1) is 0 Å². The maximum atomic E-state index is 12.5. The number of carbonyl (C=O) groups is 2. The van der Waals surface area contributed by atoms with Crippen molar-refractivity contribution >= 4 is 11.9 Å². The van der Waals surface area contributed by atoms with Crippen molar-refractivity contribution in [3.05, 3.63) is 48.6 Å². The highest BCUT2D eigenvalue weighted by Gasteiger charge is 2.18. The van der Waals surface area contributed by atoms with Crippen LogP contribution in [-0.2, 0) is 14.3 Å². The lowest BCUT2D eigenvalue weighted by molar-refractivity contribution is -0.143. The number of ether oxygens (including phenoxy) is 1. The van der Waals surface area contributed by atoms with Crippen LogP contribution in [0.3, 0.4) is 0 Å². The Morgan fingerprint density at radius 2 is 0.549 bits per heavy atom. The highest BCUT2D eigenvalue weighted by atomic mass is 16.5. The number of allylic oxidation sites excluding steroid dienone is 7. The molecule has 0 saturated carbocycles. The third-order valence-corrected chi connectivity index (χ3v) is 19.3. The van der Waals surface area contributed by atoms with Crippen molar-refractivity contribution < 1.29 is 24.5 Å². The largest absolute Gasteiger partial charge is 0.466 e. The van der Waals surface area contributed by atoms with Gasteiger partial charge in [-0.3, -0.25) is 9.59 Å². The predicted molar refractivity (Wildman–Crippen MR) is 402 cm³/mol. The van der Waals surface area contributed by atoms with E-state index in [0.29, 0.717) is 19.4 Å². The molecule has 0 rings (SSSR count). The molecule has 3 N–H and O–H groups in total. The fourth-order valence-electron chi connectivity index (χ4n) is 13.0. The summed E-state index contributed by atoms with van der Waals surface area (Å²) in [6, 6.07) is -0.627. The number of hydrogen-bond acceptors (Lipinski definition) is 5. The molecule has 0 heterocycles. The van der Waals surface area contributed by atoms with Crippen LogP contribution in [0.5, 0.6) is 0 Å². The van der Waals surface area contributed by atoms with Crippen molar-refractivity contribution in [3.63, 3.8) is 0 Å². The van der Waals surface area contributed by atoms with E-state index in [1.807, 2.05) is 6.08 Å².